The molecule has 25 heavy (non-hydrogen) atoms. The number of hydrogen-bond acceptors (Lipinski definition) is 3. The highest BCUT2D eigenvalue weighted by atomic mass is 19.1. The molecule has 0 unspecified atom stereocenters. The van der Waals surface area contributed by atoms with Crippen molar-refractivity contribution in [2.75, 3.05) is 12.4 Å². The number of aromatic nitrogens is 2. The molecule has 1 fully saturated rings. The summed E-state index contributed by atoms with van der Waals surface area (Å²) >= 11 is 0. The third-order valence-electron chi connectivity index (χ3n) is 4.64. The summed E-state index contributed by atoms with van der Waals surface area (Å²) in [5.41, 5.74) is 0.359. The largest absolute Gasteiger partial charge is 0.338 e. The molecule has 2 heterocycles. The fourth-order valence-corrected chi connectivity index (χ4v) is 3.28. The van der Waals surface area contributed by atoms with E-state index in [0.29, 0.717) is 24.3 Å². The number of nitrogens with one attached hydrogen (secondary N) is 1. The van der Waals surface area contributed by atoms with Crippen LogP contribution in [0.15, 0.2) is 36.5 Å². The molecular weight excluding hydrogens is 323 g/mol. The molecule has 3 rings (SSSR count). The van der Waals surface area contributed by atoms with Crippen LogP contribution in [0.3, 0.4) is 0 Å². The summed E-state index contributed by atoms with van der Waals surface area (Å²) in [6, 6.07) is 7.37. The van der Waals surface area contributed by atoms with Crippen molar-refractivity contribution in [3.8, 4) is 0 Å². The molecule has 1 aliphatic heterocycles. The number of rotatable bonds is 4. The van der Waals surface area contributed by atoms with Crippen molar-refractivity contribution >= 4 is 17.6 Å². The van der Waals surface area contributed by atoms with Crippen molar-refractivity contribution in [1.29, 1.82) is 0 Å². The van der Waals surface area contributed by atoms with Crippen molar-refractivity contribution < 1.29 is 14.0 Å². The van der Waals surface area contributed by atoms with Gasteiger partial charge in [0.1, 0.15) is 5.82 Å². The fourth-order valence-electron chi connectivity index (χ4n) is 3.28. The monoisotopic (exact) mass is 344 g/mol. The van der Waals surface area contributed by atoms with Crippen LogP contribution >= 0.6 is 0 Å². The summed E-state index contributed by atoms with van der Waals surface area (Å²) in [7, 11) is 1.62. The first-order valence-electron chi connectivity index (χ1n) is 8.35. The Hall–Kier alpha value is -2.70. The number of benzene rings is 1. The number of carbonyl (C=O) groups is 2. The Morgan fingerprint density at radius 2 is 2.12 bits per heavy atom. The molecule has 132 valence electrons. The molecule has 2 atom stereocenters. The number of hydrogen-bond donors (Lipinski definition) is 1. The van der Waals surface area contributed by atoms with Crippen molar-refractivity contribution in [1.82, 2.24) is 14.7 Å². The first-order valence-corrected chi connectivity index (χ1v) is 8.35. The maximum atomic E-state index is 14.3. The Labute approximate surface area is 145 Å². The normalized spacial score (nSPS) is 20.6. The van der Waals surface area contributed by atoms with E-state index < -0.39 is 17.8 Å². The zero-order valence-electron chi connectivity index (χ0n) is 14.3. The van der Waals surface area contributed by atoms with Crippen LogP contribution in [-0.4, -0.2) is 33.5 Å². The van der Waals surface area contributed by atoms with Gasteiger partial charge >= 0.3 is 0 Å². The quantitative estimate of drug-likeness (QED) is 0.927. The molecule has 2 aromatic rings. The average molecular weight is 344 g/mol. The fraction of sp³-hybridized carbons (Fsp3) is 0.389. The summed E-state index contributed by atoms with van der Waals surface area (Å²) < 4.78 is 16.0. The van der Waals surface area contributed by atoms with Crippen LogP contribution in [0.1, 0.15) is 31.4 Å². The highest BCUT2D eigenvalue weighted by Gasteiger charge is 2.40. The lowest BCUT2D eigenvalue weighted by atomic mass is 9.83. The Balaban J connectivity index is 1.87. The molecule has 1 aliphatic rings. The number of amides is 2. The van der Waals surface area contributed by atoms with Gasteiger partial charge in [-0.25, -0.2) is 4.39 Å². The molecule has 1 saturated heterocycles. The van der Waals surface area contributed by atoms with E-state index in [2.05, 4.69) is 10.4 Å². The minimum Gasteiger partial charge on any atom is -0.338 e. The van der Waals surface area contributed by atoms with Crippen LogP contribution in [0.5, 0.6) is 0 Å². The second kappa shape index (κ2) is 7.04. The van der Waals surface area contributed by atoms with Crippen molar-refractivity contribution in [2.24, 2.45) is 5.92 Å². The molecule has 2 amide bonds. The van der Waals surface area contributed by atoms with Crippen LogP contribution in [0.25, 0.3) is 0 Å². The van der Waals surface area contributed by atoms with Gasteiger partial charge in [-0.1, -0.05) is 18.2 Å². The van der Waals surface area contributed by atoms with E-state index in [0.717, 1.165) is 0 Å². The van der Waals surface area contributed by atoms with E-state index in [-0.39, 0.29) is 18.2 Å². The van der Waals surface area contributed by atoms with Gasteiger partial charge in [0.25, 0.3) is 0 Å². The minimum absolute atomic E-state index is 0.0902. The molecule has 0 aliphatic carbocycles. The van der Waals surface area contributed by atoms with Crippen LogP contribution in [0.4, 0.5) is 10.2 Å². The molecule has 0 saturated carbocycles. The summed E-state index contributed by atoms with van der Waals surface area (Å²) in [5, 5.41) is 7.03. The Kier molecular flexibility index (Phi) is 4.83. The van der Waals surface area contributed by atoms with Gasteiger partial charge in [-0.05, 0) is 19.4 Å². The van der Waals surface area contributed by atoms with E-state index in [1.807, 2.05) is 6.92 Å². The van der Waals surface area contributed by atoms with Gasteiger partial charge in [0.05, 0.1) is 12.0 Å². The third kappa shape index (κ3) is 3.40. The van der Waals surface area contributed by atoms with Crippen LogP contribution in [-0.2, 0) is 16.1 Å². The number of carbonyl (C=O) groups excluding carboxylic acids is 2. The zero-order chi connectivity index (χ0) is 18.0. The van der Waals surface area contributed by atoms with E-state index in [1.165, 1.54) is 11.0 Å². The zero-order valence-corrected chi connectivity index (χ0v) is 14.3. The maximum Gasteiger partial charge on any atom is 0.231 e. The second-order valence-electron chi connectivity index (χ2n) is 6.16. The SMILES string of the molecule is CCn1ccc(NC(=O)[C@@H]2CCC(=O)N(C)[C@H]2c2ccccc2F)n1. The molecule has 1 N–H and O–H groups in total. The molecule has 7 heteroatoms. The molecular formula is C18H21FN4O2. The molecule has 1 aromatic heterocycles. The molecule has 6 nitrogen and oxygen atoms in total. The van der Waals surface area contributed by atoms with Crippen LogP contribution in [0.2, 0.25) is 0 Å². The van der Waals surface area contributed by atoms with E-state index in [4.69, 9.17) is 0 Å². The standard InChI is InChI=1S/C18H21FN4O2/c1-3-23-11-10-15(21-23)20-18(25)13-8-9-16(24)22(2)17(13)12-6-4-5-7-14(12)19/h4-7,10-11,13,17H,3,8-9H2,1-2H3,(H,20,21,25)/t13-,17+/m1/s1. The number of anilines is 1. The number of aryl methyl sites for hydroxylation is 1. The Morgan fingerprint density at radius 1 is 1.36 bits per heavy atom. The summed E-state index contributed by atoms with van der Waals surface area (Å²) in [4.78, 5) is 26.4. The lowest BCUT2D eigenvalue weighted by Crippen LogP contribution is -2.45. The topological polar surface area (TPSA) is 67.2 Å². The summed E-state index contributed by atoms with van der Waals surface area (Å²) in [6.07, 6.45) is 2.42. The van der Waals surface area contributed by atoms with Crippen LogP contribution in [0, 0.1) is 11.7 Å². The maximum absolute atomic E-state index is 14.3. The predicted molar refractivity (Wildman–Crippen MR) is 91.2 cm³/mol. The van der Waals surface area contributed by atoms with Gasteiger partial charge < -0.3 is 10.2 Å². The number of likely N-dealkylation sites (tertiary alicyclic amines) is 1. The van der Waals surface area contributed by atoms with Gasteiger partial charge in [0.2, 0.25) is 11.8 Å². The smallest absolute Gasteiger partial charge is 0.231 e. The van der Waals surface area contributed by atoms with E-state index in [1.54, 1.807) is 42.2 Å². The van der Waals surface area contributed by atoms with Crippen molar-refractivity contribution in [2.45, 2.75) is 32.4 Å². The van der Waals surface area contributed by atoms with Crippen LogP contribution < -0.4 is 5.32 Å². The number of nitrogens with zero attached hydrogens (tertiary/aromatic N) is 3. The molecule has 1 aromatic carbocycles. The average Bonchev–Trinajstić information content (AvgIpc) is 3.05. The molecule has 0 bridgehead atoms. The van der Waals surface area contributed by atoms with Gasteiger partial charge in [-0.3, -0.25) is 14.3 Å². The lowest BCUT2D eigenvalue weighted by Gasteiger charge is -2.38. The molecule has 0 radical (unpaired) electrons. The number of halogens is 1. The number of piperidine rings is 1. The Morgan fingerprint density at radius 3 is 2.80 bits per heavy atom. The van der Waals surface area contributed by atoms with Crippen molar-refractivity contribution in [3.05, 3.63) is 47.9 Å². The van der Waals surface area contributed by atoms with Gasteiger partial charge in [-0.15, -0.1) is 0 Å². The van der Waals surface area contributed by atoms with Crippen molar-refractivity contribution in [3.63, 3.8) is 0 Å². The predicted octanol–water partition coefficient (Wildman–Crippen LogP) is 2.59. The van der Waals surface area contributed by atoms with E-state index >= 15 is 0 Å². The summed E-state index contributed by atoms with van der Waals surface area (Å²) in [5.74, 6) is -0.839. The van der Waals surface area contributed by atoms with E-state index in [9.17, 15) is 14.0 Å². The lowest BCUT2D eigenvalue weighted by molar-refractivity contribution is -0.140. The highest BCUT2D eigenvalue weighted by molar-refractivity contribution is 5.94. The second-order valence-corrected chi connectivity index (χ2v) is 6.16. The Bertz CT molecular complexity index is 789. The first-order chi connectivity index (χ1) is 12.0. The van der Waals surface area contributed by atoms with Gasteiger partial charge in [-0.2, -0.15) is 5.10 Å². The highest BCUT2D eigenvalue weighted by Crippen LogP contribution is 2.37. The van der Waals surface area contributed by atoms with Gasteiger partial charge in [0, 0.05) is 37.8 Å². The summed E-state index contributed by atoms with van der Waals surface area (Å²) in [6.45, 7) is 2.66. The molecule has 0 spiro atoms. The van der Waals surface area contributed by atoms with Gasteiger partial charge in [0.15, 0.2) is 5.82 Å². The first kappa shape index (κ1) is 17.1. The third-order valence-corrected chi connectivity index (χ3v) is 4.64. The minimum atomic E-state index is -0.629.